The Morgan fingerprint density at radius 1 is 1.30 bits per heavy atom. The molecule has 0 amide bonds. The molecule has 0 aliphatic rings. The first-order valence-corrected chi connectivity index (χ1v) is 7.79. The summed E-state index contributed by atoms with van der Waals surface area (Å²) in [5.41, 5.74) is 0.826. The Labute approximate surface area is 122 Å². The van der Waals surface area contributed by atoms with Gasteiger partial charge in [-0.1, -0.05) is 17.7 Å². The van der Waals surface area contributed by atoms with Gasteiger partial charge in [-0.3, -0.25) is 0 Å². The lowest BCUT2D eigenvalue weighted by atomic mass is 10.2. The molecule has 0 radical (unpaired) electrons. The lowest BCUT2D eigenvalue weighted by Gasteiger charge is -2.07. The second-order valence-corrected chi connectivity index (χ2v) is 6.45. The Morgan fingerprint density at radius 3 is 2.65 bits per heavy atom. The molecule has 20 heavy (non-hydrogen) atoms. The molecule has 0 spiro atoms. The lowest BCUT2D eigenvalue weighted by molar-refractivity contribution is 0.466. The monoisotopic (exact) mass is 315 g/mol. The van der Waals surface area contributed by atoms with Crippen molar-refractivity contribution in [1.29, 1.82) is 0 Å². The van der Waals surface area contributed by atoms with Gasteiger partial charge < -0.3 is 4.42 Å². The average Bonchev–Trinajstić information content (AvgIpc) is 2.78. The molecule has 0 atom stereocenters. The van der Waals surface area contributed by atoms with Crippen LogP contribution < -0.4 is 4.72 Å². The van der Waals surface area contributed by atoms with Gasteiger partial charge in [0.1, 0.15) is 0 Å². The van der Waals surface area contributed by atoms with E-state index in [1.807, 2.05) is 6.92 Å². The molecule has 2 aromatic rings. The normalized spacial score (nSPS) is 11.8. The van der Waals surface area contributed by atoms with E-state index in [4.69, 9.17) is 16.0 Å². The van der Waals surface area contributed by atoms with E-state index in [1.165, 1.54) is 12.1 Å². The van der Waals surface area contributed by atoms with Crippen LogP contribution in [0.3, 0.4) is 0 Å². The molecule has 2 rings (SSSR count). The fourth-order valence-corrected chi connectivity index (χ4v) is 2.86. The standard InChI is InChI=1S/C12H14ClN3O3S/c1-8-3-4-10(7-11(8)13)20(17,18)14-6-5-12-16-15-9(2)19-12/h3-4,7,14H,5-6H2,1-2H3. The maximum Gasteiger partial charge on any atom is 0.240 e. The minimum absolute atomic E-state index is 0.134. The third-order valence-electron chi connectivity index (χ3n) is 2.65. The van der Waals surface area contributed by atoms with Crippen molar-refractivity contribution in [1.82, 2.24) is 14.9 Å². The minimum atomic E-state index is -3.59. The Bertz CT molecular complexity index is 712. The third kappa shape index (κ3) is 3.56. The molecule has 1 aromatic heterocycles. The fourth-order valence-electron chi connectivity index (χ4n) is 1.55. The van der Waals surface area contributed by atoms with Crippen molar-refractivity contribution in [3.05, 3.63) is 40.6 Å². The summed E-state index contributed by atoms with van der Waals surface area (Å²) in [4.78, 5) is 0.134. The molecule has 0 aliphatic carbocycles. The first-order chi connectivity index (χ1) is 9.38. The Kier molecular flexibility index (Phi) is 4.42. The van der Waals surface area contributed by atoms with E-state index in [0.29, 0.717) is 23.2 Å². The van der Waals surface area contributed by atoms with Crippen molar-refractivity contribution in [3.63, 3.8) is 0 Å². The summed E-state index contributed by atoms with van der Waals surface area (Å²) in [5, 5.41) is 7.88. The third-order valence-corrected chi connectivity index (χ3v) is 4.52. The molecule has 0 fully saturated rings. The highest BCUT2D eigenvalue weighted by Gasteiger charge is 2.15. The molecule has 0 saturated heterocycles. The number of benzene rings is 1. The molecule has 1 heterocycles. The van der Waals surface area contributed by atoms with Crippen LogP contribution in [0, 0.1) is 13.8 Å². The zero-order valence-electron chi connectivity index (χ0n) is 11.1. The zero-order chi connectivity index (χ0) is 14.8. The Hall–Kier alpha value is -1.44. The number of aromatic nitrogens is 2. The quantitative estimate of drug-likeness (QED) is 0.910. The first-order valence-electron chi connectivity index (χ1n) is 5.93. The van der Waals surface area contributed by atoms with E-state index < -0.39 is 10.0 Å². The molecular weight excluding hydrogens is 302 g/mol. The molecule has 8 heteroatoms. The molecule has 6 nitrogen and oxygen atoms in total. The molecule has 1 N–H and O–H groups in total. The molecular formula is C12H14ClN3O3S. The highest BCUT2D eigenvalue weighted by molar-refractivity contribution is 7.89. The SMILES string of the molecule is Cc1nnc(CCNS(=O)(=O)c2ccc(C)c(Cl)c2)o1. The number of rotatable bonds is 5. The summed E-state index contributed by atoms with van der Waals surface area (Å²) in [6.07, 6.45) is 0.333. The van der Waals surface area contributed by atoms with Crippen LogP contribution >= 0.6 is 11.6 Å². The molecule has 0 unspecified atom stereocenters. The molecule has 0 aliphatic heterocycles. The Balaban J connectivity index is 2.02. The van der Waals surface area contributed by atoms with Gasteiger partial charge in [-0.25, -0.2) is 13.1 Å². The van der Waals surface area contributed by atoms with Crippen LogP contribution in [0.25, 0.3) is 0 Å². The minimum Gasteiger partial charge on any atom is -0.426 e. The van der Waals surface area contributed by atoms with Gasteiger partial charge in [-0.05, 0) is 24.6 Å². The number of halogens is 1. The smallest absolute Gasteiger partial charge is 0.240 e. The summed E-state index contributed by atoms with van der Waals surface area (Å²) < 4.78 is 31.7. The highest BCUT2D eigenvalue weighted by Crippen LogP contribution is 2.19. The predicted molar refractivity (Wildman–Crippen MR) is 74.1 cm³/mol. The number of nitrogens with zero attached hydrogens (tertiary/aromatic N) is 2. The predicted octanol–water partition coefficient (Wildman–Crippen LogP) is 1.86. The number of hydrogen-bond donors (Lipinski definition) is 1. The second-order valence-electron chi connectivity index (χ2n) is 4.27. The van der Waals surface area contributed by atoms with Crippen LogP contribution in [0.2, 0.25) is 5.02 Å². The number of aryl methyl sites for hydroxylation is 2. The van der Waals surface area contributed by atoms with E-state index >= 15 is 0 Å². The van der Waals surface area contributed by atoms with Gasteiger partial charge in [0.15, 0.2) is 0 Å². The molecule has 0 bridgehead atoms. The first kappa shape index (κ1) is 15.0. The largest absolute Gasteiger partial charge is 0.426 e. The van der Waals surface area contributed by atoms with Gasteiger partial charge in [-0.15, -0.1) is 10.2 Å². The van der Waals surface area contributed by atoms with Gasteiger partial charge in [0.05, 0.1) is 4.90 Å². The summed E-state index contributed by atoms with van der Waals surface area (Å²) in [6, 6.07) is 4.61. The van der Waals surface area contributed by atoms with Gasteiger partial charge in [0.2, 0.25) is 21.8 Å². The summed E-state index contributed by atoms with van der Waals surface area (Å²) in [6.45, 7) is 3.66. The van der Waals surface area contributed by atoms with E-state index in [0.717, 1.165) is 5.56 Å². The van der Waals surface area contributed by atoms with Crippen molar-refractivity contribution in [2.75, 3.05) is 6.54 Å². The van der Waals surface area contributed by atoms with Crippen LogP contribution in [-0.2, 0) is 16.4 Å². The zero-order valence-corrected chi connectivity index (χ0v) is 12.6. The van der Waals surface area contributed by atoms with Gasteiger partial charge >= 0.3 is 0 Å². The van der Waals surface area contributed by atoms with Gasteiger partial charge in [0.25, 0.3) is 0 Å². The van der Waals surface area contributed by atoms with Crippen LogP contribution in [0.5, 0.6) is 0 Å². The number of hydrogen-bond acceptors (Lipinski definition) is 5. The van der Waals surface area contributed by atoms with E-state index in [1.54, 1.807) is 13.0 Å². The second kappa shape index (κ2) is 5.90. The van der Waals surface area contributed by atoms with Crippen molar-refractivity contribution in [3.8, 4) is 0 Å². The van der Waals surface area contributed by atoms with Crippen LogP contribution in [0.4, 0.5) is 0 Å². The number of sulfonamides is 1. The van der Waals surface area contributed by atoms with Crippen molar-refractivity contribution < 1.29 is 12.8 Å². The fraction of sp³-hybridized carbons (Fsp3) is 0.333. The van der Waals surface area contributed by atoms with E-state index in [-0.39, 0.29) is 11.4 Å². The summed E-state index contributed by atoms with van der Waals surface area (Å²) in [5.74, 6) is 0.848. The molecule has 108 valence electrons. The van der Waals surface area contributed by atoms with E-state index in [2.05, 4.69) is 14.9 Å². The highest BCUT2D eigenvalue weighted by atomic mass is 35.5. The molecule has 0 saturated carbocycles. The topological polar surface area (TPSA) is 85.1 Å². The van der Waals surface area contributed by atoms with Gasteiger partial charge in [-0.2, -0.15) is 0 Å². The maximum atomic E-state index is 12.1. The Morgan fingerprint density at radius 2 is 2.05 bits per heavy atom. The van der Waals surface area contributed by atoms with Crippen molar-refractivity contribution in [2.45, 2.75) is 25.2 Å². The lowest BCUT2D eigenvalue weighted by Crippen LogP contribution is -2.26. The van der Waals surface area contributed by atoms with Crippen LogP contribution in [0.1, 0.15) is 17.3 Å². The van der Waals surface area contributed by atoms with E-state index in [9.17, 15) is 8.42 Å². The van der Waals surface area contributed by atoms with Crippen LogP contribution in [0.15, 0.2) is 27.5 Å². The van der Waals surface area contributed by atoms with Crippen molar-refractivity contribution in [2.24, 2.45) is 0 Å². The maximum absolute atomic E-state index is 12.1. The number of nitrogens with one attached hydrogen (secondary N) is 1. The van der Waals surface area contributed by atoms with Gasteiger partial charge in [0, 0.05) is 24.9 Å². The van der Waals surface area contributed by atoms with Crippen LogP contribution in [-0.4, -0.2) is 25.2 Å². The average molecular weight is 316 g/mol. The molecule has 1 aromatic carbocycles. The summed E-state index contributed by atoms with van der Waals surface area (Å²) >= 11 is 5.93. The summed E-state index contributed by atoms with van der Waals surface area (Å²) in [7, 11) is -3.59. The van der Waals surface area contributed by atoms with Crippen molar-refractivity contribution >= 4 is 21.6 Å².